The van der Waals surface area contributed by atoms with Crippen molar-refractivity contribution in [2.75, 3.05) is 7.11 Å². The molecule has 0 radical (unpaired) electrons. The summed E-state index contributed by atoms with van der Waals surface area (Å²) in [6.45, 7) is 0.0988. The van der Waals surface area contributed by atoms with Crippen molar-refractivity contribution >= 4 is 19.4 Å². The molecular weight excluding hydrogens is 481 g/mol. The topological polar surface area (TPSA) is 111 Å². The Labute approximate surface area is 210 Å². The lowest BCUT2D eigenvalue weighted by Gasteiger charge is -2.24. The van der Waals surface area contributed by atoms with Crippen molar-refractivity contribution in [1.82, 2.24) is 5.32 Å². The number of benzene rings is 3. The highest BCUT2D eigenvalue weighted by Crippen LogP contribution is 2.50. The van der Waals surface area contributed by atoms with Gasteiger partial charge in [-0.15, -0.1) is 0 Å². The first-order valence-electron chi connectivity index (χ1n) is 11.5. The molecule has 3 rings (SSSR count). The second-order valence-electron chi connectivity index (χ2n) is 8.17. The van der Waals surface area contributed by atoms with Gasteiger partial charge in [0.15, 0.2) is 0 Å². The molecule has 0 aliphatic carbocycles. The summed E-state index contributed by atoms with van der Waals surface area (Å²) in [4.78, 5) is 35.8. The van der Waals surface area contributed by atoms with Crippen LogP contribution in [0.2, 0.25) is 0 Å². The molecule has 9 heteroatoms. The Bertz CT molecular complexity index is 1170. The zero-order valence-electron chi connectivity index (χ0n) is 20.0. The number of rotatable bonds is 12. The first-order valence-corrected chi connectivity index (χ1v) is 13.4. The maximum Gasteiger partial charge on any atom is 0.408 e. The summed E-state index contributed by atoms with van der Waals surface area (Å²) in [7, 11) is -2.51. The van der Waals surface area contributed by atoms with Gasteiger partial charge < -0.3 is 24.4 Å². The van der Waals surface area contributed by atoms with Crippen LogP contribution < -0.4 is 10.1 Å². The predicted molar refractivity (Wildman–Crippen MR) is 136 cm³/mol. The molecule has 0 heterocycles. The van der Waals surface area contributed by atoms with Crippen molar-refractivity contribution in [3.8, 4) is 5.75 Å². The zero-order valence-corrected chi connectivity index (χ0v) is 20.9. The minimum absolute atomic E-state index is 0.00409. The highest BCUT2D eigenvalue weighted by atomic mass is 31.2. The third-order valence-electron chi connectivity index (χ3n) is 5.39. The van der Waals surface area contributed by atoms with Gasteiger partial charge in [0.05, 0.1) is 13.3 Å². The van der Waals surface area contributed by atoms with E-state index in [0.717, 1.165) is 11.1 Å². The van der Waals surface area contributed by atoms with Gasteiger partial charge in [-0.05, 0) is 35.2 Å². The molecular formula is C27H30NO7P. The van der Waals surface area contributed by atoms with E-state index in [1.807, 2.05) is 48.5 Å². The number of alkyl carbamates (subject to hydrolysis) is 1. The Kier molecular flexibility index (Phi) is 10.1. The van der Waals surface area contributed by atoms with Crippen LogP contribution in [0.5, 0.6) is 5.75 Å². The number of hydrogen-bond donors (Lipinski definition) is 2. The van der Waals surface area contributed by atoms with Crippen molar-refractivity contribution < 1.29 is 33.3 Å². The number of hydrogen-bond acceptors (Lipinski definition) is 6. The van der Waals surface area contributed by atoms with Gasteiger partial charge in [-0.25, -0.2) is 4.79 Å². The Balaban J connectivity index is 1.64. The molecule has 2 atom stereocenters. The Morgan fingerprint density at radius 2 is 1.44 bits per heavy atom. The fraction of sp³-hybridized carbons (Fsp3) is 0.259. The van der Waals surface area contributed by atoms with Crippen LogP contribution in [0.15, 0.2) is 84.9 Å². The SMILES string of the molecule is COc1cccc(CP(=O)(O)C(CCC(=O)OCc2ccccc2)NC(=O)OCc2ccccc2)c1. The molecule has 190 valence electrons. The Morgan fingerprint density at radius 3 is 2.06 bits per heavy atom. The van der Waals surface area contributed by atoms with Crippen LogP contribution >= 0.6 is 7.37 Å². The lowest BCUT2D eigenvalue weighted by molar-refractivity contribution is -0.145. The first-order chi connectivity index (χ1) is 17.4. The minimum Gasteiger partial charge on any atom is -0.497 e. The van der Waals surface area contributed by atoms with Gasteiger partial charge in [-0.1, -0.05) is 72.8 Å². The average molecular weight is 512 g/mol. The summed E-state index contributed by atoms with van der Waals surface area (Å²) in [5.74, 6) is -1.20. The maximum atomic E-state index is 13.4. The van der Waals surface area contributed by atoms with E-state index in [2.05, 4.69) is 5.32 Å². The number of nitrogens with one attached hydrogen (secondary N) is 1. The third-order valence-corrected chi connectivity index (χ3v) is 7.57. The monoisotopic (exact) mass is 511 g/mol. The van der Waals surface area contributed by atoms with Gasteiger partial charge in [0.1, 0.15) is 24.7 Å². The zero-order chi connectivity index (χ0) is 25.8. The van der Waals surface area contributed by atoms with E-state index in [9.17, 15) is 19.0 Å². The Hall–Kier alpha value is -3.61. The number of methoxy groups -OCH3 is 1. The van der Waals surface area contributed by atoms with Crippen LogP contribution in [0.3, 0.4) is 0 Å². The fourth-order valence-electron chi connectivity index (χ4n) is 3.48. The smallest absolute Gasteiger partial charge is 0.408 e. The second kappa shape index (κ2) is 13.5. The number of ether oxygens (including phenoxy) is 3. The fourth-order valence-corrected chi connectivity index (χ4v) is 5.26. The van der Waals surface area contributed by atoms with Gasteiger partial charge in [0.25, 0.3) is 0 Å². The molecule has 0 aliphatic rings. The molecule has 3 aromatic rings. The highest BCUT2D eigenvalue weighted by molar-refractivity contribution is 7.57. The summed E-state index contributed by atoms with van der Waals surface area (Å²) in [6.07, 6.45) is -1.31. The van der Waals surface area contributed by atoms with Crippen molar-refractivity contribution in [2.45, 2.75) is 38.0 Å². The quantitative estimate of drug-likeness (QED) is 0.253. The molecule has 0 aromatic heterocycles. The average Bonchev–Trinajstić information content (AvgIpc) is 2.89. The largest absolute Gasteiger partial charge is 0.497 e. The van der Waals surface area contributed by atoms with E-state index in [1.54, 1.807) is 36.4 Å². The summed E-state index contributed by atoms with van der Waals surface area (Å²) in [5.41, 5.74) is 2.17. The molecule has 0 fully saturated rings. The van der Waals surface area contributed by atoms with Crippen LogP contribution in [0, 0.1) is 0 Å². The van der Waals surface area contributed by atoms with Crippen molar-refractivity contribution in [3.63, 3.8) is 0 Å². The molecule has 2 unspecified atom stereocenters. The molecule has 2 N–H and O–H groups in total. The standard InChI is InChI=1S/C27H30NO7P/c1-33-24-14-8-13-23(17-24)20-36(31,32)25(28-27(30)35-19-22-11-6-3-7-12-22)15-16-26(29)34-18-21-9-4-2-5-10-21/h2-14,17,25H,15-16,18-20H2,1H3,(H,28,30)(H,31,32). The summed E-state index contributed by atoms with van der Waals surface area (Å²) < 4.78 is 29.1. The lowest BCUT2D eigenvalue weighted by Crippen LogP contribution is -2.36. The number of carbonyl (C=O) groups excluding carboxylic acids is 2. The maximum absolute atomic E-state index is 13.4. The second-order valence-corrected chi connectivity index (χ2v) is 10.6. The molecule has 36 heavy (non-hydrogen) atoms. The molecule has 0 saturated carbocycles. The summed E-state index contributed by atoms with van der Waals surface area (Å²) in [6, 6.07) is 25.1. The Morgan fingerprint density at radius 1 is 0.861 bits per heavy atom. The highest BCUT2D eigenvalue weighted by Gasteiger charge is 2.33. The van der Waals surface area contributed by atoms with E-state index < -0.39 is 25.2 Å². The van der Waals surface area contributed by atoms with Crippen LogP contribution in [-0.4, -0.2) is 29.8 Å². The van der Waals surface area contributed by atoms with Crippen LogP contribution in [0.25, 0.3) is 0 Å². The number of carbonyl (C=O) groups is 2. The number of esters is 1. The van der Waals surface area contributed by atoms with E-state index in [0.29, 0.717) is 11.3 Å². The van der Waals surface area contributed by atoms with Crippen molar-refractivity contribution in [3.05, 3.63) is 102 Å². The molecule has 0 saturated heterocycles. The van der Waals surface area contributed by atoms with Gasteiger partial charge in [-0.3, -0.25) is 9.36 Å². The molecule has 0 aliphatic heterocycles. The van der Waals surface area contributed by atoms with Gasteiger partial charge in [-0.2, -0.15) is 0 Å². The van der Waals surface area contributed by atoms with E-state index in [1.165, 1.54) is 7.11 Å². The van der Waals surface area contributed by atoms with Gasteiger partial charge in [0, 0.05) is 6.42 Å². The van der Waals surface area contributed by atoms with Crippen LogP contribution in [0.1, 0.15) is 29.5 Å². The minimum atomic E-state index is -4.01. The van der Waals surface area contributed by atoms with Crippen LogP contribution in [0.4, 0.5) is 4.79 Å². The van der Waals surface area contributed by atoms with E-state index in [4.69, 9.17) is 14.2 Å². The van der Waals surface area contributed by atoms with E-state index >= 15 is 0 Å². The normalized spacial score (nSPS) is 13.2. The van der Waals surface area contributed by atoms with E-state index in [-0.39, 0.29) is 32.2 Å². The predicted octanol–water partition coefficient (Wildman–Crippen LogP) is 5.24. The van der Waals surface area contributed by atoms with Crippen molar-refractivity contribution in [1.29, 1.82) is 0 Å². The molecule has 3 aromatic carbocycles. The molecule has 0 bridgehead atoms. The summed E-state index contributed by atoms with van der Waals surface area (Å²) >= 11 is 0. The summed E-state index contributed by atoms with van der Waals surface area (Å²) in [5, 5.41) is 2.49. The third kappa shape index (κ3) is 8.87. The lowest BCUT2D eigenvalue weighted by atomic mass is 10.2. The molecule has 8 nitrogen and oxygen atoms in total. The molecule has 0 spiro atoms. The number of amides is 1. The van der Waals surface area contributed by atoms with Crippen LogP contribution in [-0.2, 0) is 38.2 Å². The van der Waals surface area contributed by atoms with Crippen molar-refractivity contribution in [2.24, 2.45) is 0 Å². The molecule has 1 amide bonds. The first kappa shape index (κ1) is 27.0. The van der Waals surface area contributed by atoms with Gasteiger partial charge >= 0.3 is 12.1 Å². The van der Waals surface area contributed by atoms with Gasteiger partial charge in [0.2, 0.25) is 7.37 Å².